The van der Waals surface area contributed by atoms with Gasteiger partial charge in [0.15, 0.2) is 11.5 Å². The molecule has 116 valence electrons. The summed E-state index contributed by atoms with van der Waals surface area (Å²) >= 11 is 5.55. The van der Waals surface area contributed by atoms with Crippen LogP contribution in [0, 0.1) is 3.57 Å². The van der Waals surface area contributed by atoms with Crippen molar-refractivity contribution in [3.8, 4) is 11.5 Å². The van der Waals surface area contributed by atoms with Gasteiger partial charge in [0.2, 0.25) is 0 Å². The van der Waals surface area contributed by atoms with E-state index >= 15 is 0 Å². The van der Waals surface area contributed by atoms with Gasteiger partial charge in [-0.1, -0.05) is 12.1 Å². The molecule has 4 nitrogen and oxygen atoms in total. The Morgan fingerprint density at radius 3 is 2.68 bits per heavy atom. The lowest BCUT2D eigenvalue weighted by Crippen LogP contribution is -2.13. The van der Waals surface area contributed by atoms with Gasteiger partial charge in [0.25, 0.3) is 5.91 Å². The van der Waals surface area contributed by atoms with Crippen LogP contribution in [0.1, 0.15) is 17.3 Å². The third kappa shape index (κ3) is 3.92. The van der Waals surface area contributed by atoms with Crippen LogP contribution >= 0.6 is 38.5 Å². The number of rotatable bonds is 5. The van der Waals surface area contributed by atoms with Crippen molar-refractivity contribution < 1.29 is 14.3 Å². The van der Waals surface area contributed by atoms with Gasteiger partial charge in [0.1, 0.15) is 0 Å². The van der Waals surface area contributed by atoms with E-state index in [0.29, 0.717) is 23.7 Å². The lowest BCUT2D eigenvalue weighted by atomic mass is 10.2. The maximum Gasteiger partial charge on any atom is 0.255 e. The Morgan fingerprint density at radius 1 is 1.32 bits per heavy atom. The molecule has 2 aromatic rings. The molecule has 0 saturated carbocycles. The number of nitrogens with one attached hydrogen (secondary N) is 1. The van der Waals surface area contributed by atoms with E-state index in [1.54, 1.807) is 19.2 Å². The van der Waals surface area contributed by atoms with Crippen LogP contribution in [0.25, 0.3) is 0 Å². The highest BCUT2D eigenvalue weighted by Crippen LogP contribution is 2.34. The molecule has 6 heteroatoms. The molecule has 1 amide bonds. The molecule has 2 rings (SSSR count). The molecule has 0 aliphatic heterocycles. The summed E-state index contributed by atoms with van der Waals surface area (Å²) in [5, 5.41) is 2.87. The van der Waals surface area contributed by atoms with Crippen LogP contribution in [-0.4, -0.2) is 19.6 Å². The molecule has 0 fully saturated rings. The zero-order valence-corrected chi connectivity index (χ0v) is 15.9. The van der Waals surface area contributed by atoms with Gasteiger partial charge in [-0.05, 0) is 69.7 Å². The monoisotopic (exact) mass is 475 g/mol. The van der Waals surface area contributed by atoms with E-state index in [1.165, 1.54) is 0 Å². The number of halogens is 2. The largest absolute Gasteiger partial charge is 0.493 e. The van der Waals surface area contributed by atoms with Gasteiger partial charge < -0.3 is 14.8 Å². The summed E-state index contributed by atoms with van der Waals surface area (Å²) in [6, 6.07) is 10.9. The molecule has 0 aliphatic carbocycles. The SMILES string of the molecule is CCOc1c(I)cc(C(=O)Nc2ccccc2Br)cc1OC. The van der Waals surface area contributed by atoms with Gasteiger partial charge in [-0.25, -0.2) is 0 Å². The molecule has 0 aliphatic rings. The predicted octanol–water partition coefficient (Wildman–Crippen LogP) is 4.71. The number of methoxy groups -OCH3 is 1. The maximum atomic E-state index is 12.4. The Kier molecular flexibility index (Phi) is 6.07. The molecule has 1 N–H and O–H groups in total. The van der Waals surface area contributed by atoms with E-state index in [0.717, 1.165) is 13.7 Å². The summed E-state index contributed by atoms with van der Waals surface area (Å²) in [6.45, 7) is 2.44. The van der Waals surface area contributed by atoms with Crippen LogP contribution < -0.4 is 14.8 Å². The van der Waals surface area contributed by atoms with Crippen molar-refractivity contribution in [3.63, 3.8) is 0 Å². The molecule has 0 heterocycles. The van der Waals surface area contributed by atoms with Crippen molar-refractivity contribution in [2.75, 3.05) is 19.0 Å². The highest BCUT2D eigenvalue weighted by Gasteiger charge is 2.16. The summed E-state index contributed by atoms with van der Waals surface area (Å²) < 4.78 is 12.5. The highest BCUT2D eigenvalue weighted by molar-refractivity contribution is 14.1. The molecular weight excluding hydrogens is 461 g/mol. The number of para-hydroxylation sites is 1. The smallest absolute Gasteiger partial charge is 0.255 e. The number of hydrogen-bond donors (Lipinski definition) is 1. The number of carbonyl (C=O) groups is 1. The van der Waals surface area contributed by atoms with Gasteiger partial charge in [0.05, 0.1) is 23.0 Å². The summed E-state index contributed by atoms with van der Waals surface area (Å²) in [5.41, 5.74) is 1.23. The van der Waals surface area contributed by atoms with E-state index in [2.05, 4.69) is 43.8 Å². The van der Waals surface area contributed by atoms with Crippen molar-refractivity contribution in [2.24, 2.45) is 0 Å². The zero-order chi connectivity index (χ0) is 16.1. The molecule has 0 unspecified atom stereocenters. The first kappa shape index (κ1) is 17.1. The molecule has 0 aromatic heterocycles. The van der Waals surface area contributed by atoms with Crippen molar-refractivity contribution in [3.05, 3.63) is 50.0 Å². The Morgan fingerprint density at radius 2 is 2.05 bits per heavy atom. The molecular formula is C16H15BrINO3. The quantitative estimate of drug-likeness (QED) is 0.637. The van der Waals surface area contributed by atoms with Gasteiger partial charge >= 0.3 is 0 Å². The molecule has 0 radical (unpaired) electrons. The molecule has 0 bridgehead atoms. The van der Waals surface area contributed by atoms with Crippen LogP contribution in [0.5, 0.6) is 11.5 Å². The third-order valence-corrected chi connectivity index (χ3v) is 4.40. The van der Waals surface area contributed by atoms with Crippen LogP contribution in [0.4, 0.5) is 5.69 Å². The number of amides is 1. The topological polar surface area (TPSA) is 47.6 Å². The highest BCUT2D eigenvalue weighted by atomic mass is 127. The first-order valence-electron chi connectivity index (χ1n) is 6.63. The fourth-order valence-electron chi connectivity index (χ4n) is 1.89. The standard InChI is InChI=1S/C16H15BrINO3/c1-3-22-15-12(18)8-10(9-14(15)21-2)16(20)19-13-7-5-4-6-11(13)17/h4-9H,3H2,1-2H3,(H,19,20). The Balaban J connectivity index is 2.30. The normalized spacial score (nSPS) is 10.2. The van der Waals surface area contributed by atoms with Gasteiger partial charge in [-0.15, -0.1) is 0 Å². The Bertz CT molecular complexity index is 691. The first-order chi connectivity index (χ1) is 10.6. The molecule has 0 spiro atoms. The number of benzene rings is 2. The second kappa shape index (κ2) is 7.82. The predicted molar refractivity (Wildman–Crippen MR) is 99.0 cm³/mol. The number of hydrogen-bond acceptors (Lipinski definition) is 3. The number of ether oxygens (including phenoxy) is 2. The Hall–Kier alpha value is -1.28. The molecule has 0 saturated heterocycles. The van der Waals surface area contributed by atoms with E-state index in [4.69, 9.17) is 9.47 Å². The van der Waals surface area contributed by atoms with E-state index in [-0.39, 0.29) is 5.91 Å². The van der Waals surface area contributed by atoms with Crippen molar-refractivity contribution in [2.45, 2.75) is 6.92 Å². The van der Waals surface area contributed by atoms with Gasteiger partial charge in [-0.2, -0.15) is 0 Å². The Labute approximate surface area is 151 Å². The van der Waals surface area contributed by atoms with Crippen molar-refractivity contribution in [1.82, 2.24) is 0 Å². The second-order valence-electron chi connectivity index (χ2n) is 4.36. The molecule has 22 heavy (non-hydrogen) atoms. The minimum Gasteiger partial charge on any atom is -0.493 e. The van der Waals surface area contributed by atoms with Crippen LogP contribution in [0.2, 0.25) is 0 Å². The average molecular weight is 476 g/mol. The first-order valence-corrected chi connectivity index (χ1v) is 8.50. The minimum atomic E-state index is -0.203. The molecule has 0 atom stereocenters. The van der Waals surface area contributed by atoms with E-state index in [9.17, 15) is 4.79 Å². The third-order valence-electron chi connectivity index (χ3n) is 2.90. The second-order valence-corrected chi connectivity index (χ2v) is 6.37. The van der Waals surface area contributed by atoms with Crippen LogP contribution in [-0.2, 0) is 0 Å². The van der Waals surface area contributed by atoms with Gasteiger partial charge in [0, 0.05) is 10.0 Å². The van der Waals surface area contributed by atoms with Crippen LogP contribution in [0.3, 0.4) is 0 Å². The fourth-order valence-corrected chi connectivity index (χ4v) is 3.03. The maximum absolute atomic E-state index is 12.4. The van der Waals surface area contributed by atoms with E-state index in [1.807, 2.05) is 31.2 Å². The fraction of sp³-hybridized carbons (Fsp3) is 0.188. The summed E-state index contributed by atoms with van der Waals surface area (Å²) in [6.07, 6.45) is 0. The van der Waals surface area contributed by atoms with Crippen molar-refractivity contribution in [1.29, 1.82) is 0 Å². The summed E-state index contributed by atoms with van der Waals surface area (Å²) in [4.78, 5) is 12.4. The average Bonchev–Trinajstić information content (AvgIpc) is 2.51. The lowest BCUT2D eigenvalue weighted by molar-refractivity contribution is 0.102. The summed E-state index contributed by atoms with van der Waals surface area (Å²) in [5.74, 6) is 1.00. The van der Waals surface area contributed by atoms with Crippen molar-refractivity contribution >= 4 is 50.1 Å². The van der Waals surface area contributed by atoms with E-state index < -0.39 is 0 Å². The number of carbonyl (C=O) groups excluding carboxylic acids is 1. The zero-order valence-electron chi connectivity index (χ0n) is 12.2. The number of anilines is 1. The minimum absolute atomic E-state index is 0.203. The lowest BCUT2D eigenvalue weighted by Gasteiger charge is -2.13. The molecule has 2 aromatic carbocycles. The van der Waals surface area contributed by atoms with Crippen LogP contribution in [0.15, 0.2) is 40.9 Å². The summed E-state index contributed by atoms with van der Waals surface area (Å²) in [7, 11) is 1.56. The van der Waals surface area contributed by atoms with Gasteiger partial charge in [-0.3, -0.25) is 4.79 Å².